The van der Waals surface area contributed by atoms with Crippen LogP contribution in [0.5, 0.6) is 5.75 Å². The van der Waals surface area contributed by atoms with Gasteiger partial charge in [0, 0.05) is 6.42 Å². The summed E-state index contributed by atoms with van der Waals surface area (Å²) >= 11 is 0. The monoisotopic (exact) mass is 402 g/mol. The molecule has 3 amide bonds. The van der Waals surface area contributed by atoms with E-state index < -0.39 is 23.6 Å². The molecule has 152 valence electrons. The Hall–Kier alpha value is -3.64. The average molecular weight is 402 g/mol. The number of hydrogen-bond donors (Lipinski definition) is 3. The Bertz CT molecular complexity index is 1050. The molecule has 3 aromatic carbocycles. The lowest BCUT2D eigenvalue weighted by Crippen LogP contribution is -2.53. The number of amides is 3. The minimum Gasteiger partial charge on any atom is -0.497 e. The maximum absolute atomic E-state index is 12.7. The molecule has 2 atom stereocenters. The van der Waals surface area contributed by atoms with E-state index in [1.54, 1.807) is 19.2 Å². The molecule has 30 heavy (non-hydrogen) atoms. The predicted octanol–water partition coefficient (Wildman–Crippen LogP) is 3.22. The standard InChI is InChI=1S/C24H22N2O4/c1-30-20-13-11-18(12-14-20)17-7-9-19(10-8-17)21(27)24(22(28)25-23(29)26-24)15-16-5-3-2-4-6-16/h2-14,21,27H,15H2,1H3,(H2,25,26,28,29). The number of nitrogens with one attached hydrogen (secondary N) is 2. The fourth-order valence-electron chi connectivity index (χ4n) is 3.76. The molecule has 1 saturated heterocycles. The van der Waals surface area contributed by atoms with Gasteiger partial charge in [0.15, 0.2) is 5.54 Å². The van der Waals surface area contributed by atoms with E-state index >= 15 is 0 Å². The van der Waals surface area contributed by atoms with Crippen LogP contribution in [0.1, 0.15) is 17.2 Å². The van der Waals surface area contributed by atoms with Crippen molar-refractivity contribution >= 4 is 11.9 Å². The molecule has 1 fully saturated rings. The van der Waals surface area contributed by atoms with Crippen molar-refractivity contribution in [1.82, 2.24) is 10.6 Å². The normalized spacial score (nSPS) is 19.1. The highest BCUT2D eigenvalue weighted by Crippen LogP contribution is 2.33. The fraction of sp³-hybridized carbons (Fsp3) is 0.167. The maximum atomic E-state index is 12.7. The maximum Gasteiger partial charge on any atom is 0.322 e. The summed E-state index contributed by atoms with van der Waals surface area (Å²) in [6.45, 7) is 0. The van der Waals surface area contributed by atoms with Gasteiger partial charge in [-0.2, -0.15) is 0 Å². The van der Waals surface area contributed by atoms with Crippen LogP contribution in [0.4, 0.5) is 4.79 Å². The first-order valence-corrected chi connectivity index (χ1v) is 9.62. The highest BCUT2D eigenvalue weighted by molar-refractivity contribution is 6.07. The first kappa shape index (κ1) is 19.7. The van der Waals surface area contributed by atoms with Gasteiger partial charge in [-0.15, -0.1) is 0 Å². The Morgan fingerprint density at radius 2 is 1.50 bits per heavy atom. The average Bonchev–Trinajstić information content (AvgIpc) is 3.07. The molecule has 0 radical (unpaired) electrons. The van der Waals surface area contributed by atoms with E-state index in [2.05, 4.69) is 10.6 Å². The van der Waals surface area contributed by atoms with Gasteiger partial charge >= 0.3 is 6.03 Å². The van der Waals surface area contributed by atoms with Gasteiger partial charge in [0.2, 0.25) is 0 Å². The second kappa shape index (κ2) is 8.00. The van der Waals surface area contributed by atoms with E-state index in [-0.39, 0.29) is 6.42 Å². The number of aliphatic hydroxyl groups excluding tert-OH is 1. The number of hydrogen-bond acceptors (Lipinski definition) is 4. The summed E-state index contributed by atoms with van der Waals surface area (Å²) in [6.07, 6.45) is -1.04. The molecule has 0 aliphatic carbocycles. The lowest BCUT2D eigenvalue weighted by Gasteiger charge is -2.31. The Labute approximate surface area is 174 Å². The lowest BCUT2D eigenvalue weighted by atomic mass is 9.82. The van der Waals surface area contributed by atoms with Crippen molar-refractivity contribution < 1.29 is 19.4 Å². The molecule has 0 spiro atoms. The molecule has 1 aliphatic heterocycles. The van der Waals surface area contributed by atoms with Gasteiger partial charge < -0.3 is 15.2 Å². The fourth-order valence-corrected chi connectivity index (χ4v) is 3.76. The number of methoxy groups -OCH3 is 1. The smallest absolute Gasteiger partial charge is 0.322 e. The second-order valence-electron chi connectivity index (χ2n) is 7.30. The summed E-state index contributed by atoms with van der Waals surface area (Å²) in [5.74, 6) is 0.236. The zero-order valence-electron chi connectivity index (χ0n) is 16.5. The summed E-state index contributed by atoms with van der Waals surface area (Å²) in [5.41, 5.74) is 1.87. The number of rotatable bonds is 6. The number of urea groups is 1. The van der Waals surface area contributed by atoms with E-state index in [0.29, 0.717) is 5.56 Å². The van der Waals surface area contributed by atoms with Crippen LogP contribution in [0.2, 0.25) is 0 Å². The van der Waals surface area contributed by atoms with Crippen molar-refractivity contribution in [2.45, 2.75) is 18.1 Å². The van der Waals surface area contributed by atoms with Crippen molar-refractivity contribution in [1.29, 1.82) is 0 Å². The van der Waals surface area contributed by atoms with Crippen LogP contribution in [0.3, 0.4) is 0 Å². The van der Waals surface area contributed by atoms with Gasteiger partial charge in [0.1, 0.15) is 11.9 Å². The molecule has 0 bridgehead atoms. The summed E-state index contributed by atoms with van der Waals surface area (Å²) in [7, 11) is 1.62. The first-order valence-electron chi connectivity index (χ1n) is 9.62. The van der Waals surface area contributed by atoms with Gasteiger partial charge in [-0.3, -0.25) is 10.1 Å². The van der Waals surface area contributed by atoms with Crippen LogP contribution in [0, 0.1) is 0 Å². The van der Waals surface area contributed by atoms with Crippen LogP contribution in [0.15, 0.2) is 78.9 Å². The zero-order valence-corrected chi connectivity index (χ0v) is 16.5. The summed E-state index contributed by atoms with van der Waals surface area (Å²) < 4.78 is 5.19. The molecule has 2 unspecified atom stereocenters. The van der Waals surface area contributed by atoms with Gasteiger partial charge in [-0.1, -0.05) is 66.7 Å². The summed E-state index contributed by atoms with van der Waals surface area (Å²) in [6, 6.07) is 23.7. The van der Waals surface area contributed by atoms with Crippen molar-refractivity contribution in [2.24, 2.45) is 0 Å². The third-order valence-electron chi connectivity index (χ3n) is 5.41. The van der Waals surface area contributed by atoms with Crippen molar-refractivity contribution in [2.75, 3.05) is 7.11 Å². The van der Waals surface area contributed by atoms with Crippen LogP contribution in [-0.4, -0.2) is 29.7 Å². The Balaban J connectivity index is 1.63. The molecule has 1 aliphatic rings. The largest absolute Gasteiger partial charge is 0.497 e. The minimum atomic E-state index is -1.47. The highest BCUT2D eigenvalue weighted by atomic mass is 16.5. The van der Waals surface area contributed by atoms with E-state index in [1.165, 1.54) is 0 Å². The molecule has 3 N–H and O–H groups in total. The third kappa shape index (κ3) is 3.65. The summed E-state index contributed by atoms with van der Waals surface area (Å²) in [5, 5.41) is 16.1. The van der Waals surface area contributed by atoms with Crippen molar-refractivity contribution in [3.05, 3.63) is 90.0 Å². The van der Waals surface area contributed by atoms with Crippen molar-refractivity contribution in [3.63, 3.8) is 0 Å². The third-order valence-corrected chi connectivity index (χ3v) is 5.41. The second-order valence-corrected chi connectivity index (χ2v) is 7.30. The van der Waals surface area contributed by atoms with E-state index in [4.69, 9.17) is 4.74 Å². The molecule has 4 rings (SSSR count). The number of imide groups is 1. The number of benzene rings is 3. The summed E-state index contributed by atoms with van der Waals surface area (Å²) in [4.78, 5) is 24.6. The Morgan fingerprint density at radius 1 is 0.900 bits per heavy atom. The van der Waals surface area contributed by atoms with Gasteiger partial charge in [0.25, 0.3) is 5.91 Å². The Morgan fingerprint density at radius 3 is 2.03 bits per heavy atom. The molecule has 3 aromatic rings. The molecular formula is C24H22N2O4. The molecule has 0 aromatic heterocycles. The highest BCUT2D eigenvalue weighted by Gasteiger charge is 2.52. The zero-order chi connectivity index (χ0) is 21.1. The van der Waals surface area contributed by atoms with Crippen LogP contribution >= 0.6 is 0 Å². The molecule has 0 saturated carbocycles. The molecule has 6 heteroatoms. The lowest BCUT2D eigenvalue weighted by molar-refractivity contribution is -0.128. The van der Waals surface area contributed by atoms with E-state index in [1.807, 2.05) is 66.7 Å². The number of ether oxygens (including phenoxy) is 1. The molecule has 1 heterocycles. The molecular weight excluding hydrogens is 380 g/mol. The van der Waals surface area contributed by atoms with Crippen LogP contribution in [-0.2, 0) is 11.2 Å². The molecule has 6 nitrogen and oxygen atoms in total. The number of carbonyl (C=O) groups excluding carboxylic acids is 2. The van der Waals surface area contributed by atoms with Gasteiger partial charge in [0.05, 0.1) is 7.11 Å². The SMILES string of the molecule is COc1ccc(-c2ccc(C(O)C3(Cc4ccccc4)NC(=O)NC3=O)cc2)cc1. The van der Waals surface area contributed by atoms with Crippen LogP contribution in [0.25, 0.3) is 11.1 Å². The van der Waals surface area contributed by atoms with Crippen LogP contribution < -0.4 is 15.4 Å². The quantitative estimate of drug-likeness (QED) is 0.553. The number of aliphatic hydroxyl groups is 1. The predicted molar refractivity (Wildman–Crippen MR) is 113 cm³/mol. The van der Waals surface area contributed by atoms with Crippen molar-refractivity contribution in [3.8, 4) is 16.9 Å². The van der Waals surface area contributed by atoms with Gasteiger partial charge in [-0.25, -0.2) is 4.79 Å². The van der Waals surface area contributed by atoms with E-state index in [9.17, 15) is 14.7 Å². The minimum absolute atomic E-state index is 0.173. The first-order chi connectivity index (χ1) is 14.5. The number of carbonyl (C=O) groups is 2. The van der Waals surface area contributed by atoms with E-state index in [0.717, 1.165) is 22.4 Å². The van der Waals surface area contributed by atoms with Gasteiger partial charge in [-0.05, 0) is 34.4 Å². The topological polar surface area (TPSA) is 87.7 Å². The Kier molecular flexibility index (Phi) is 5.25.